The molecule has 0 aromatic carbocycles. The van der Waals surface area contributed by atoms with Crippen molar-refractivity contribution in [3.63, 3.8) is 0 Å². The Hall–Kier alpha value is -2.90. The smallest absolute Gasteiger partial charge is 0.265 e. The van der Waals surface area contributed by atoms with Gasteiger partial charge in [-0.3, -0.25) is 9.48 Å². The minimum atomic E-state index is -0.0115. The number of carbonyl (C=O) groups is 1. The molecular weight excluding hydrogens is 310 g/mol. The third kappa shape index (κ3) is 3.53. The second-order valence-electron chi connectivity index (χ2n) is 5.62. The van der Waals surface area contributed by atoms with Crippen LogP contribution in [-0.4, -0.2) is 37.8 Å². The molecule has 3 aromatic rings. The molecule has 0 aliphatic heterocycles. The van der Waals surface area contributed by atoms with Crippen LogP contribution in [0.25, 0.3) is 11.6 Å². The number of furan rings is 1. The van der Waals surface area contributed by atoms with E-state index in [0.717, 1.165) is 17.1 Å². The van der Waals surface area contributed by atoms with E-state index in [1.807, 2.05) is 26.1 Å². The van der Waals surface area contributed by atoms with Crippen molar-refractivity contribution >= 4 is 5.91 Å². The molecule has 0 N–H and O–H groups in total. The second kappa shape index (κ2) is 6.69. The maximum Gasteiger partial charge on any atom is 0.265 e. The zero-order valence-corrected chi connectivity index (χ0v) is 13.9. The van der Waals surface area contributed by atoms with E-state index in [1.54, 1.807) is 29.0 Å². The third-order valence-corrected chi connectivity index (χ3v) is 3.64. The van der Waals surface area contributed by atoms with Gasteiger partial charge in [-0.05, 0) is 25.1 Å². The number of rotatable bonds is 6. The van der Waals surface area contributed by atoms with E-state index >= 15 is 0 Å². The molecule has 0 unspecified atom stereocenters. The van der Waals surface area contributed by atoms with Crippen LogP contribution in [0.1, 0.15) is 23.8 Å². The topological polar surface area (TPSA) is 90.2 Å². The molecule has 1 amide bonds. The van der Waals surface area contributed by atoms with Gasteiger partial charge in [0.2, 0.25) is 11.8 Å². The SMILES string of the molecule is Cc1cc(-c2nnc(CCC(=O)N(C)Cc3ccco3)o2)n(C)n1. The Morgan fingerprint density at radius 3 is 2.88 bits per heavy atom. The van der Waals surface area contributed by atoms with Gasteiger partial charge in [-0.1, -0.05) is 0 Å². The van der Waals surface area contributed by atoms with Gasteiger partial charge < -0.3 is 13.7 Å². The Bertz CT molecular complexity index is 819. The molecule has 3 heterocycles. The summed E-state index contributed by atoms with van der Waals surface area (Å²) in [7, 11) is 3.56. The Morgan fingerprint density at radius 2 is 2.21 bits per heavy atom. The molecule has 0 fully saturated rings. The largest absolute Gasteiger partial charge is 0.467 e. The summed E-state index contributed by atoms with van der Waals surface area (Å²) in [5.41, 5.74) is 1.63. The van der Waals surface area contributed by atoms with Crippen LogP contribution in [-0.2, 0) is 24.8 Å². The molecule has 0 atom stereocenters. The summed E-state index contributed by atoms with van der Waals surface area (Å²) in [4.78, 5) is 13.8. The lowest BCUT2D eigenvalue weighted by atomic mass is 10.2. The Kier molecular flexibility index (Phi) is 4.45. The quantitative estimate of drug-likeness (QED) is 0.687. The van der Waals surface area contributed by atoms with Crippen LogP contribution in [0.5, 0.6) is 0 Å². The third-order valence-electron chi connectivity index (χ3n) is 3.64. The van der Waals surface area contributed by atoms with E-state index in [1.165, 1.54) is 0 Å². The van der Waals surface area contributed by atoms with Crippen molar-refractivity contribution in [3.05, 3.63) is 41.8 Å². The van der Waals surface area contributed by atoms with E-state index in [-0.39, 0.29) is 5.91 Å². The molecule has 0 radical (unpaired) electrons. The van der Waals surface area contributed by atoms with E-state index in [4.69, 9.17) is 8.83 Å². The van der Waals surface area contributed by atoms with E-state index < -0.39 is 0 Å². The average Bonchev–Trinajstić information content (AvgIpc) is 3.26. The number of aryl methyl sites for hydroxylation is 3. The first kappa shape index (κ1) is 16.0. The second-order valence-corrected chi connectivity index (χ2v) is 5.62. The lowest BCUT2D eigenvalue weighted by molar-refractivity contribution is -0.130. The summed E-state index contributed by atoms with van der Waals surface area (Å²) < 4.78 is 12.6. The van der Waals surface area contributed by atoms with Crippen molar-refractivity contribution in [2.75, 3.05) is 7.05 Å². The molecule has 24 heavy (non-hydrogen) atoms. The number of nitrogens with zero attached hydrogens (tertiary/aromatic N) is 5. The van der Waals surface area contributed by atoms with Gasteiger partial charge in [0, 0.05) is 26.9 Å². The van der Waals surface area contributed by atoms with Crippen molar-refractivity contribution < 1.29 is 13.6 Å². The highest BCUT2D eigenvalue weighted by Crippen LogP contribution is 2.18. The van der Waals surface area contributed by atoms with Gasteiger partial charge in [0.1, 0.15) is 11.5 Å². The fourth-order valence-electron chi connectivity index (χ4n) is 2.40. The molecule has 0 spiro atoms. The molecule has 0 aliphatic carbocycles. The molecule has 0 aliphatic rings. The molecule has 0 saturated heterocycles. The fourth-order valence-corrected chi connectivity index (χ4v) is 2.40. The Morgan fingerprint density at radius 1 is 1.38 bits per heavy atom. The van der Waals surface area contributed by atoms with Crippen molar-refractivity contribution in [3.8, 4) is 11.6 Å². The predicted molar refractivity (Wildman–Crippen MR) is 84.7 cm³/mol. The Labute approximate surface area is 139 Å². The number of amides is 1. The highest BCUT2D eigenvalue weighted by molar-refractivity contribution is 5.75. The van der Waals surface area contributed by atoms with Gasteiger partial charge in [0.05, 0.1) is 18.5 Å². The first-order valence-corrected chi connectivity index (χ1v) is 7.62. The van der Waals surface area contributed by atoms with Crippen LogP contribution in [0.2, 0.25) is 0 Å². The summed E-state index contributed by atoms with van der Waals surface area (Å²) in [5, 5.41) is 12.3. The van der Waals surface area contributed by atoms with Crippen molar-refractivity contribution in [2.24, 2.45) is 7.05 Å². The van der Waals surface area contributed by atoms with Crippen molar-refractivity contribution in [1.82, 2.24) is 24.9 Å². The zero-order valence-electron chi connectivity index (χ0n) is 13.9. The van der Waals surface area contributed by atoms with Crippen molar-refractivity contribution in [1.29, 1.82) is 0 Å². The maximum absolute atomic E-state index is 12.2. The van der Waals surface area contributed by atoms with Crippen molar-refractivity contribution in [2.45, 2.75) is 26.3 Å². The van der Waals surface area contributed by atoms with Crippen LogP contribution in [0, 0.1) is 6.92 Å². The number of carbonyl (C=O) groups excluding carboxylic acids is 1. The van der Waals surface area contributed by atoms with Gasteiger partial charge in [-0.25, -0.2) is 0 Å². The van der Waals surface area contributed by atoms with Crippen LogP contribution < -0.4 is 0 Å². The van der Waals surface area contributed by atoms with Gasteiger partial charge in [-0.2, -0.15) is 5.10 Å². The van der Waals surface area contributed by atoms with Gasteiger partial charge in [0.15, 0.2) is 0 Å². The molecule has 3 rings (SSSR count). The minimum absolute atomic E-state index is 0.0115. The minimum Gasteiger partial charge on any atom is -0.467 e. The van der Waals surface area contributed by atoms with Crippen LogP contribution in [0.4, 0.5) is 0 Å². The molecule has 126 valence electrons. The molecule has 3 aromatic heterocycles. The van der Waals surface area contributed by atoms with E-state index in [0.29, 0.717) is 31.2 Å². The summed E-state index contributed by atoms with van der Waals surface area (Å²) in [6.45, 7) is 2.34. The molecule has 8 nitrogen and oxygen atoms in total. The summed E-state index contributed by atoms with van der Waals surface area (Å²) in [6, 6.07) is 5.51. The highest BCUT2D eigenvalue weighted by Gasteiger charge is 2.16. The number of aromatic nitrogens is 4. The number of hydrogen-bond donors (Lipinski definition) is 0. The first-order chi connectivity index (χ1) is 11.5. The fraction of sp³-hybridized carbons (Fsp3) is 0.375. The standard InChI is InChI=1S/C16H19N5O3/c1-11-9-13(21(3)19-11)16-18-17-14(24-16)6-7-15(22)20(2)10-12-5-4-8-23-12/h4-5,8-9H,6-7,10H2,1-3H3. The van der Waals surface area contributed by atoms with Gasteiger partial charge >= 0.3 is 0 Å². The monoisotopic (exact) mass is 329 g/mol. The number of hydrogen-bond acceptors (Lipinski definition) is 6. The highest BCUT2D eigenvalue weighted by atomic mass is 16.4. The van der Waals surface area contributed by atoms with E-state index in [2.05, 4.69) is 15.3 Å². The molecule has 8 heteroatoms. The van der Waals surface area contributed by atoms with Crippen LogP contribution in [0.3, 0.4) is 0 Å². The van der Waals surface area contributed by atoms with Gasteiger partial charge in [-0.15, -0.1) is 10.2 Å². The maximum atomic E-state index is 12.2. The summed E-state index contributed by atoms with van der Waals surface area (Å²) >= 11 is 0. The predicted octanol–water partition coefficient (Wildman–Crippen LogP) is 1.96. The Balaban J connectivity index is 1.57. The van der Waals surface area contributed by atoms with Crippen LogP contribution in [0.15, 0.2) is 33.3 Å². The molecule has 0 bridgehead atoms. The van der Waals surface area contributed by atoms with Gasteiger partial charge in [0.25, 0.3) is 5.89 Å². The normalized spacial score (nSPS) is 11.0. The first-order valence-electron chi connectivity index (χ1n) is 7.62. The zero-order chi connectivity index (χ0) is 17.1. The summed E-state index contributed by atoms with van der Waals surface area (Å²) in [5.74, 6) is 1.58. The average molecular weight is 329 g/mol. The molecular formula is C16H19N5O3. The molecule has 0 saturated carbocycles. The lowest BCUT2D eigenvalue weighted by Crippen LogP contribution is -2.26. The summed E-state index contributed by atoms with van der Waals surface area (Å²) in [6.07, 6.45) is 2.28. The van der Waals surface area contributed by atoms with Crippen LogP contribution >= 0.6 is 0 Å². The van der Waals surface area contributed by atoms with E-state index in [9.17, 15) is 4.79 Å². The lowest BCUT2D eigenvalue weighted by Gasteiger charge is -2.14.